The van der Waals surface area contributed by atoms with Gasteiger partial charge in [0.15, 0.2) is 0 Å². The Balaban J connectivity index is -0.0000000794. The van der Waals surface area contributed by atoms with E-state index in [-0.39, 0.29) is 37.2 Å². The van der Waals surface area contributed by atoms with Crippen LogP contribution >= 0.6 is 24.8 Å². The molecule has 0 aliphatic carbocycles. The number of aliphatic hydroxyl groups is 3. The smallest absolute Gasteiger partial charge is 0.781 e. The molecular formula is C10H29AlNO12P3. The number of aliphatic hydroxyl groups excluding tert-OH is 3. The van der Waals surface area contributed by atoms with Crippen molar-refractivity contribution in [2.24, 2.45) is 5.73 Å². The van der Waals surface area contributed by atoms with Crippen LogP contribution in [0.25, 0.3) is 0 Å². The van der Waals surface area contributed by atoms with E-state index in [1.54, 1.807) is 20.8 Å². The van der Waals surface area contributed by atoms with E-state index in [1.165, 1.54) is 0 Å². The molecule has 0 rings (SSSR count). The van der Waals surface area contributed by atoms with E-state index in [9.17, 15) is 28.4 Å². The maximum atomic E-state index is 9.45. The maximum absolute atomic E-state index is 9.45. The van der Waals surface area contributed by atoms with Crippen LogP contribution in [0.15, 0.2) is 0 Å². The average molecular weight is 475 g/mol. The summed E-state index contributed by atoms with van der Waals surface area (Å²) in [6.07, 6.45) is 0. The first-order valence-corrected chi connectivity index (χ1v) is 10.8. The molecule has 0 saturated heterocycles. The summed E-state index contributed by atoms with van der Waals surface area (Å²) in [5.41, 5.74) is 3.94. The molecule has 0 radical (unpaired) electrons. The van der Waals surface area contributed by atoms with Crippen molar-refractivity contribution in [2.45, 2.75) is 26.3 Å². The van der Waals surface area contributed by atoms with Crippen LogP contribution in [0.2, 0.25) is 0 Å². The average Bonchev–Trinajstić information content (AvgIpc) is 2.55. The molecule has 0 bridgehead atoms. The van der Waals surface area contributed by atoms with Gasteiger partial charge in [-0.3, -0.25) is 0 Å². The van der Waals surface area contributed by atoms with Crippen molar-refractivity contribution in [1.82, 2.24) is 0 Å². The van der Waals surface area contributed by atoms with Gasteiger partial charge in [0.25, 0.3) is 0 Å². The zero-order valence-corrected chi connectivity index (χ0v) is 19.6. The molecule has 5 N–H and O–H groups in total. The third-order valence-electron chi connectivity index (χ3n) is 1.73. The fourth-order valence-corrected chi connectivity index (χ4v) is 1.21. The molecule has 0 aliphatic rings. The second kappa shape index (κ2) is 29.0. The zero-order chi connectivity index (χ0) is 21.6. The van der Waals surface area contributed by atoms with Crippen molar-refractivity contribution >= 4 is 42.1 Å². The molecule has 0 aromatic carbocycles. The molecule has 0 heterocycles. The largest absolute Gasteiger partial charge is 3.00 e. The third kappa shape index (κ3) is 46.6. The Morgan fingerprint density at radius 2 is 0.926 bits per heavy atom. The van der Waals surface area contributed by atoms with Crippen LogP contribution in [0.5, 0.6) is 0 Å². The summed E-state index contributed by atoms with van der Waals surface area (Å²) in [7, 11) is -8.66. The summed E-state index contributed by atoms with van der Waals surface area (Å²) in [5.74, 6) is 0. The van der Waals surface area contributed by atoms with Gasteiger partial charge in [0.2, 0.25) is 0 Å². The van der Waals surface area contributed by atoms with Crippen LogP contribution in [0.4, 0.5) is 0 Å². The van der Waals surface area contributed by atoms with Crippen molar-refractivity contribution in [3.05, 3.63) is 0 Å². The van der Waals surface area contributed by atoms with Crippen molar-refractivity contribution in [1.29, 1.82) is 0 Å². The molecule has 0 fully saturated rings. The van der Waals surface area contributed by atoms with Gasteiger partial charge < -0.3 is 63.0 Å². The van der Waals surface area contributed by atoms with Gasteiger partial charge in [-0.25, -0.2) is 0 Å². The van der Waals surface area contributed by atoms with Gasteiger partial charge in [-0.05, 0) is 20.8 Å². The van der Waals surface area contributed by atoms with Gasteiger partial charge in [-0.15, -0.1) is 0 Å². The molecule has 0 aliphatic heterocycles. The number of hydrogen-bond donors (Lipinski definition) is 4. The summed E-state index contributed by atoms with van der Waals surface area (Å²) in [5, 5.41) is 25.0. The Morgan fingerprint density at radius 1 is 0.741 bits per heavy atom. The van der Waals surface area contributed by atoms with Gasteiger partial charge in [0.1, 0.15) is 24.8 Å². The molecule has 0 spiro atoms. The van der Waals surface area contributed by atoms with Crippen molar-refractivity contribution < 1.29 is 57.3 Å². The van der Waals surface area contributed by atoms with E-state index in [4.69, 9.17) is 21.1 Å². The van der Waals surface area contributed by atoms with Crippen LogP contribution in [-0.2, 0) is 27.3 Å². The summed E-state index contributed by atoms with van der Waals surface area (Å²) in [6.45, 7) is 4.42. The minimum absolute atomic E-state index is 0. The van der Waals surface area contributed by atoms with E-state index in [0.29, 0.717) is 0 Å². The van der Waals surface area contributed by atoms with Crippen molar-refractivity contribution in [3.63, 3.8) is 0 Å². The standard InChI is InChI=1S/C4H11NO3.3C2H7O3P.Al/c5-4(1-6,2-7)3-8;3*1-2-5-6(3)4;/h6-8H,1-3,5H2;3*6H,2H2,1H3,(H,3,4);/q;;;;+3/p-3. The monoisotopic (exact) mass is 475 g/mol. The van der Waals surface area contributed by atoms with E-state index < -0.39 is 50.1 Å². The topological polar surface area (TPSA) is 235 Å². The molecule has 27 heavy (non-hydrogen) atoms. The fourth-order valence-electron chi connectivity index (χ4n) is 0.504. The maximum Gasteiger partial charge on any atom is 3.00 e. The third-order valence-corrected chi connectivity index (χ3v) is 3.30. The molecule has 3 atom stereocenters. The minimum Gasteiger partial charge on any atom is -0.781 e. The molecular weight excluding hydrogens is 446 g/mol. The Labute approximate surface area is 171 Å². The SMILES string of the molecule is CCO[PH](=O)[O-].CCO[PH](=O)[O-].CCO[PH](=O)[O-].NC(CO)(CO)CO.[Al+3]. The van der Waals surface area contributed by atoms with Gasteiger partial charge >= 0.3 is 17.4 Å². The first-order chi connectivity index (χ1) is 12.0. The molecule has 3 unspecified atom stereocenters. The second-order valence-electron chi connectivity index (χ2n) is 3.89. The number of rotatable bonds is 9. The van der Waals surface area contributed by atoms with Crippen LogP contribution in [0.1, 0.15) is 20.8 Å². The minimum atomic E-state index is -2.89. The zero-order valence-electron chi connectivity index (χ0n) is 15.4. The molecule has 164 valence electrons. The summed E-state index contributed by atoms with van der Waals surface area (Å²) in [6, 6.07) is 0. The normalized spacial score (nSPS) is 13.1. The predicted molar refractivity (Wildman–Crippen MR) is 95.8 cm³/mol. The van der Waals surface area contributed by atoms with Gasteiger partial charge in [0, 0.05) is 19.8 Å². The van der Waals surface area contributed by atoms with Gasteiger partial charge in [0.05, 0.1) is 25.4 Å². The van der Waals surface area contributed by atoms with Crippen LogP contribution in [0, 0.1) is 0 Å². The quantitative estimate of drug-likeness (QED) is 0.188. The van der Waals surface area contributed by atoms with Crippen molar-refractivity contribution in [2.75, 3.05) is 39.6 Å². The number of nitrogens with two attached hydrogens (primary N) is 1. The Bertz CT molecular complexity index is 316. The van der Waals surface area contributed by atoms with Gasteiger partial charge in [-0.1, -0.05) is 0 Å². The fraction of sp³-hybridized carbons (Fsp3) is 1.00. The molecule has 0 aromatic heterocycles. The van der Waals surface area contributed by atoms with E-state index >= 15 is 0 Å². The molecule has 17 heteroatoms. The molecule has 0 saturated carbocycles. The van der Waals surface area contributed by atoms with E-state index in [2.05, 4.69) is 13.6 Å². The van der Waals surface area contributed by atoms with E-state index in [0.717, 1.165) is 0 Å². The first kappa shape index (κ1) is 38.4. The van der Waals surface area contributed by atoms with E-state index in [1.807, 2.05) is 0 Å². The van der Waals surface area contributed by atoms with Crippen LogP contribution < -0.4 is 20.4 Å². The number of hydrogen-bond acceptors (Lipinski definition) is 13. The second-order valence-corrected chi connectivity index (χ2v) is 6.25. The Morgan fingerprint density at radius 3 is 0.926 bits per heavy atom. The molecule has 0 aromatic rings. The van der Waals surface area contributed by atoms with Crippen LogP contribution in [-0.4, -0.2) is 77.9 Å². The van der Waals surface area contributed by atoms with Crippen molar-refractivity contribution in [3.8, 4) is 0 Å². The first-order valence-electron chi connectivity index (χ1n) is 7.12. The van der Waals surface area contributed by atoms with Gasteiger partial charge in [-0.2, -0.15) is 0 Å². The van der Waals surface area contributed by atoms with Crippen LogP contribution in [0.3, 0.4) is 0 Å². The summed E-state index contributed by atoms with van der Waals surface area (Å²) < 4.78 is 40.5. The Hall–Kier alpha value is 0.822. The molecule has 0 amide bonds. The summed E-state index contributed by atoms with van der Waals surface area (Å²) in [4.78, 5) is 28.4. The predicted octanol–water partition coefficient (Wildman–Crippen LogP) is -3.40. The molecule has 13 nitrogen and oxygen atoms in total. The summed E-state index contributed by atoms with van der Waals surface area (Å²) >= 11 is 0. The Kier molecular flexibility index (Phi) is 41.3.